The average Bonchev–Trinajstić information content (AvgIpc) is 3.15. The lowest BCUT2D eigenvalue weighted by molar-refractivity contribution is -0.130. The molecule has 0 spiro atoms. The molecule has 25 heavy (non-hydrogen) atoms. The van der Waals surface area contributed by atoms with Gasteiger partial charge in [0, 0.05) is 23.7 Å². The standard InChI is InChI=1S/C16H17ClN6O2/c1-2-14(24)23-7-3-4-10(9-23)16(25)18-13-8-11(17)5-6-12(13)15-19-21-22-20-15/h2,5-6,8,10H,1,3-4,7,9H2,(H,18,25)(H,19,20,21,22). The van der Waals surface area contributed by atoms with Crippen molar-refractivity contribution in [2.75, 3.05) is 18.4 Å². The number of amides is 2. The summed E-state index contributed by atoms with van der Waals surface area (Å²) in [5, 5.41) is 17.2. The van der Waals surface area contributed by atoms with E-state index in [0.29, 0.717) is 41.6 Å². The van der Waals surface area contributed by atoms with E-state index < -0.39 is 0 Å². The van der Waals surface area contributed by atoms with Gasteiger partial charge in [0.25, 0.3) is 0 Å². The molecule has 0 aliphatic carbocycles. The van der Waals surface area contributed by atoms with E-state index in [0.717, 1.165) is 6.42 Å². The number of tetrazole rings is 1. The molecule has 1 aliphatic heterocycles. The first kappa shape index (κ1) is 17.1. The molecule has 1 aliphatic rings. The monoisotopic (exact) mass is 360 g/mol. The average molecular weight is 361 g/mol. The molecule has 1 aromatic heterocycles. The number of nitrogens with zero attached hydrogens (tertiary/aromatic N) is 4. The molecule has 2 aromatic rings. The molecular formula is C16H17ClN6O2. The number of aromatic amines is 1. The minimum absolute atomic E-state index is 0.159. The molecule has 3 rings (SSSR count). The van der Waals surface area contributed by atoms with Gasteiger partial charge in [-0.3, -0.25) is 9.59 Å². The molecule has 1 unspecified atom stereocenters. The second kappa shape index (κ2) is 7.43. The molecular weight excluding hydrogens is 344 g/mol. The zero-order valence-electron chi connectivity index (χ0n) is 13.4. The Balaban J connectivity index is 1.78. The third-order valence-electron chi connectivity index (χ3n) is 4.10. The maximum absolute atomic E-state index is 12.7. The predicted molar refractivity (Wildman–Crippen MR) is 92.8 cm³/mol. The minimum atomic E-state index is -0.297. The van der Waals surface area contributed by atoms with E-state index in [9.17, 15) is 9.59 Å². The van der Waals surface area contributed by atoms with Gasteiger partial charge in [-0.2, -0.15) is 5.21 Å². The van der Waals surface area contributed by atoms with Crippen molar-refractivity contribution in [1.82, 2.24) is 25.5 Å². The fourth-order valence-electron chi connectivity index (χ4n) is 2.85. The number of carbonyl (C=O) groups excluding carboxylic acids is 2. The van der Waals surface area contributed by atoms with Gasteiger partial charge < -0.3 is 10.2 Å². The van der Waals surface area contributed by atoms with Crippen LogP contribution in [0.3, 0.4) is 0 Å². The van der Waals surface area contributed by atoms with Crippen molar-refractivity contribution >= 4 is 29.1 Å². The van der Waals surface area contributed by atoms with E-state index in [1.165, 1.54) is 6.08 Å². The molecule has 9 heteroatoms. The molecule has 2 amide bonds. The van der Waals surface area contributed by atoms with Crippen LogP contribution in [0.5, 0.6) is 0 Å². The SMILES string of the molecule is C=CC(=O)N1CCCC(C(=O)Nc2cc(Cl)ccc2-c2nn[nH]n2)C1. The molecule has 1 saturated heterocycles. The fraction of sp³-hybridized carbons (Fsp3) is 0.312. The molecule has 1 fully saturated rings. The van der Waals surface area contributed by atoms with Crippen LogP contribution in [0.4, 0.5) is 5.69 Å². The number of H-pyrrole nitrogens is 1. The highest BCUT2D eigenvalue weighted by Crippen LogP contribution is 2.29. The molecule has 1 aromatic carbocycles. The van der Waals surface area contributed by atoms with Crippen LogP contribution >= 0.6 is 11.6 Å². The van der Waals surface area contributed by atoms with E-state index >= 15 is 0 Å². The Bertz CT molecular complexity index is 792. The highest BCUT2D eigenvalue weighted by Gasteiger charge is 2.28. The Hall–Kier alpha value is -2.74. The fourth-order valence-corrected chi connectivity index (χ4v) is 3.02. The maximum Gasteiger partial charge on any atom is 0.245 e. The van der Waals surface area contributed by atoms with Crippen LogP contribution in [0.25, 0.3) is 11.4 Å². The van der Waals surface area contributed by atoms with Crippen LogP contribution in [-0.2, 0) is 9.59 Å². The molecule has 8 nitrogen and oxygen atoms in total. The number of anilines is 1. The van der Waals surface area contributed by atoms with Crippen molar-refractivity contribution in [2.45, 2.75) is 12.8 Å². The number of hydrogen-bond acceptors (Lipinski definition) is 5. The van der Waals surface area contributed by atoms with Crippen LogP contribution in [0.15, 0.2) is 30.9 Å². The van der Waals surface area contributed by atoms with Gasteiger partial charge in [-0.05, 0) is 42.3 Å². The first-order valence-electron chi connectivity index (χ1n) is 7.84. The third-order valence-corrected chi connectivity index (χ3v) is 4.34. The van der Waals surface area contributed by atoms with E-state index in [-0.39, 0.29) is 17.7 Å². The summed E-state index contributed by atoms with van der Waals surface area (Å²) in [6.45, 7) is 4.50. The number of rotatable bonds is 4. The molecule has 0 bridgehead atoms. The van der Waals surface area contributed by atoms with Crippen LogP contribution in [-0.4, -0.2) is 50.4 Å². The smallest absolute Gasteiger partial charge is 0.245 e. The quantitative estimate of drug-likeness (QED) is 0.810. The van der Waals surface area contributed by atoms with E-state index in [1.807, 2.05) is 0 Å². The lowest BCUT2D eigenvalue weighted by atomic mass is 9.96. The number of halogens is 1. The third kappa shape index (κ3) is 3.85. The first-order chi connectivity index (χ1) is 12.1. The summed E-state index contributed by atoms with van der Waals surface area (Å²) in [6.07, 6.45) is 2.75. The second-order valence-corrected chi connectivity index (χ2v) is 6.18. The van der Waals surface area contributed by atoms with Crippen LogP contribution in [0, 0.1) is 5.92 Å². The van der Waals surface area contributed by atoms with Gasteiger partial charge in [0.1, 0.15) is 0 Å². The number of carbonyl (C=O) groups is 2. The van der Waals surface area contributed by atoms with Crippen LogP contribution < -0.4 is 5.32 Å². The number of aromatic nitrogens is 4. The van der Waals surface area contributed by atoms with Crippen molar-refractivity contribution in [3.05, 3.63) is 35.9 Å². The Morgan fingerprint density at radius 3 is 3.00 bits per heavy atom. The normalized spacial score (nSPS) is 17.2. The summed E-state index contributed by atoms with van der Waals surface area (Å²) in [4.78, 5) is 26.1. The molecule has 2 heterocycles. The van der Waals surface area contributed by atoms with Gasteiger partial charge in [0.2, 0.25) is 17.6 Å². The summed E-state index contributed by atoms with van der Waals surface area (Å²) >= 11 is 6.05. The minimum Gasteiger partial charge on any atom is -0.338 e. The van der Waals surface area contributed by atoms with E-state index in [4.69, 9.17) is 11.6 Å². The Kier molecular flexibility index (Phi) is 5.08. The highest BCUT2D eigenvalue weighted by atomic mass is 35.5. The molecule has 1 atom stereocenters. The number of hydrogen-bond donors (Lipinski definition) is 2. The topological polar surface area (TPSA) is 104 Å². The van der Waals surface area contributed by atoms with E-state index in [2.05, 4.69) is 32.5 Å². The van der Waals surface area contributed by atoms with Gasteiger partial charge in [0.15, 0.2) is 0 Å². The zero-order valence-corrected chi connectivity index (χ0v) is 14.2. The second-order valence-electron chi connectivity index (χ2n) is 5.74. The molecule has 130 valence electrons. The summed E-state index contributed by atoms with van der Waals surface area (Å²) in [6, 6.07) is 5.05. The Morgan fingerprint density at radius 1 is 1.44 bits per heavy atom. The van der Waals surface area contributed by atoms with Crippen molar-refractivity contribution in [1.29, 1.82) is 0 Å². The van der Waals surface area contributed by atoms with Gasteiger partial charge in [-0.25, -0.2) is 0 Å². The predicted octanol–water partition coefficient (Wildman–Crippen LogP) is 1.88. The summed E-state index contributed by atoms with van der Waals surface area (Å²) in [5.74, 6) is -0.268. The van der Waals surface area contributed by atoms with Crippen LogP contribution in [0.2, 0.25) is 5.02 Å². The molecule has 2 N–H and O–H groups in total. The lowest BCUT2D eigenvalue weighted by Gasteiger charge is -2.31. The van der Waals surface area contributed by atoms with Gasteiger partial charge in [0.05, 0.1) is 11.6 Å². The first-order valence-corrected chi connectivity index (χ1v) is 8.22. The van der Waals surface area contributed by atoms with Gasteiger partial charge >= 0.3 is 0 Å². The van der Waals surface area contributed by atoms with Gasteiger partial charge in [-0.15, -0.1) is 10.2 Å². The van der Waals surface area contributed by atoms with Gasteiger partial charge in [-0.1, -0.05) is 18.2 Å². The van der Waals surface area contributed by atoms with Crippen LogP contribution in [0.1, 0.15) is 12.8 Å². The number of likely N-dealkylation sites (tertiary alicyclic amines) is 1. The number of nitrogens with one attached hydrogen (secondary N) is 2. The van der Waals surface area contributed by atoms with Crippen molar-refractivity contribution in [3.63, 3.8) is 0 Å². The van der Waals surface area contributed by atoms with E-state index in [1.54, 1.807) is 23.1 Å². The molecule has 0 radical (unpaired) electrons. The Morgan fingerprint density at radius 2 is 2.28 bits per heavy atom. The summed E-state index contributed by atoms with van der Waals surface area (Å²) in [5.41, 5.74) is 1.12. The van der Waals surface area contributed by atoms with Crippen molar-refractivity contribution in [3.8, 4) is 11.4 Å². The zero-order chi connectivity index (χ0) is 17.8. The number of piperidine rings is 1. The van der Waals surface area contributed by atoms with Crippen molar-refractivity contribution in [2.24, 2.45) is 5.92 Å². The lowest BCUT2D eigenvalue weighted by Crippen LogP contribution is -2.43. The highest BCUT2D eigenvalue weighted by molar-refractivity contribution is 6.31. The number of benzene rings is 1. The van der Waals surface area contributed by atoms with Crippen molar-refractivity contribution < 1.29 is 9.59 Å². The molecule has 0 saturated carbocycles. The summed E-state index contributed by atoms with van der Waals surface area (Å²) < 4.78 is 0. The Labute approximate surface area is 149 Å². The summed E-state index contributed by atoms with van der Waals surface area (Å²) in [7, 11) is 0. The maximum atomic E-state index is 12.7. The largest absolute Gasteiger partial charge is 0.338 e.